The Morgan fingerprint density at radius 1 is 1.10 bits per heavy atom. The Morgan fingerprint density at radius 2 is 1.75 bits per heavy atom. The fourth-order valence-corrected chi connectivity index (χ4v) is 2.43. The standard InChI is InChI=1S/C17H29NO2/c1-6-12-20-15-10-8-14(9-11-15)16(18-7-2)17(19-5)13(3)4/h8-11,13,16-18H,6-7,12H2,1-5H3. The van der Waals surface area contributed by atoms with Crippen molar-refractivity contribution in [3.8, 4) is 5.75 Å². The number of rotatable bonds is 9. The lowest BCUT2D eigenvalue weighted by molar-refractivity contribution is 0.0331. The second kappa shape index (κ2) is 8.98. The number of hydrogen-bond acceptors (Lipinski definition) is 3. The van der Waals surface area contributed by atoms with E-state index in [2.05, 4.69) is 45.1 Å². The fourth-order valence-electron chi connectivity index (χ4n) is 2.43. The van der Waals surface area contributed by atoms with E-state index in [1.54, 1.807) is 7.11 Å². The number of ether oxygens (including phenoxy) is 2. The first kappa shape index (κ1) is 17.0. The van der Waals surface area contributed by atoms with Gasteiger partial charge >= 0.3 is 0 Å². The molecular formula is C17H29NO2. The Balaban J connectivity index is 2.85. The zero-order chi connectivity index (χ0) is 15.0. The Labute approximate surface area is 123 Å². The van der Waals surface area contributed by atoms with Gasteiger partial charge < -0.3 is 14.8 Å². The number of hydrogen-bond donors (Lipinski definition) is 1. The SMILES string of the molecule is CCCOc1ccc(C(NCC)C(OC)C(C)C)cc1. The first-order valence-corrected chi connectivity index (χ1v) is 7.62. The molecule has 1 rings (SSSR count). The van der Waals surface area contributed by atoms with E-state index in [-0.39, 0.29) is 12.1 Å². The summed E-state index contributed by atoms with van der Waals surface area (Å²) in [6.45, 7) is 10.3. The second-order valence-electron chi connectivity index (χ2n) is 5.40. The lowest BCUT2D eigenvalue weighted by Gasteiger charge is -2.30. The average molecular weight is 279 g/mol. The van der Waals surface area contributed by atoms with E-state index in [1.165, 1.54) is 5.56 Å². The molecule has 0 saturated carbocycles. The van der Waals surface area contributed by atoms with Crippen LogP contribution < -0.4 is 10.1 Å². The number of methoxy groups -OCH3 is 1. The van der Waals surface area contributed by atoms with E-state index >= 15 is 0 Å². The molecule has 3 nitrogen and oxygen atoms in total. The molecule has 20 heavy (non-hydrogen) atoms. The maximum absolute atomic E-state index is 5.68. The van der Waals surface area contributed by atoms with E-state index in [0.29, 0.717) is 5.92 Å². The van der Waals surface area contributed by atoms with Gasteiger partial charge in [-0.25, -0.2) is 0 Å². The average Bonchev–Trinajstić information content (AvgIpc) is 2.45. The lowest BCUT2D eigenvalue weighted by Crippen LogP contribution is -2.36. The predicted molar refractivity (Wildman–Crippen MR) is 84.3 cm³/mol. The topological polar surface area (TPSA) is 30.5 Å². The first-order chi connectivity index (χ1) is 9.63. The van der Waals surface area contributed by atoms with Crippen LogP contribution >= 0.6 is 0 Å². The van der Waals surface area contributed by atoms with Crippen molar-refractivity contribution in [3.05, 3.63) is 29.8 Å². The number of benzene rings is 1. The predicted octanol–water partition coefficient (Wildman–Crippen LogP) is 3.80. The molecule has 3 heteroatoms. The van der Waals surface area contributed by atoms with Crippen LogP contribution in [0, 0.1) is 5.92 Å². The number of nitrogens with one attached hydrogen (secondary N) is 1. The Bertz CT molecular complexity index is 362. The van der Waals surface area contributed by atoms with Crippen LogP contribution in [0.25, 0.3) is 0 Å². The Kier molecular flexibility index (Phi) is 7.63. The molecule has 0 heterocycles. The minimum absolute atomic E-state index is 0.164. The van der Waals surface area contributed by atoms with Gasteiger partial charge in [0.05, 0.1) is 18.8 Å². The summed E-state index contributed by atoms with van der Waals surface area (Å²) >= 11 is 0. The highest BCUT2D eigenvalue weighted by molar-refractivity contribution is 5.30. The summed E-state index contributed by atoms with van der Waals surface area (Å²) in [7, 11) is 1.79. The third-order valence-electron chi connectivity index (χ3n) is 3.39. The number of likely N-dealkylation sites (N-methyl/N-ethyl adjacent to an activating group) is 1. The van der Waals surface area contributed by atoms with Crippen LogP contribution in [0.3, 0.4) is 0 Å². The molecule has 1 aromatic carbocycles. The van der Waals surface area contributed by atoms with Gasteiger partial charge in [0.25, 0.3) is 0 Å². The van der Waals surface area contributed by atoms with Crippen LogP contribution in [0.15, 0.2) is 24.3 Å². The van der Waals surface area contributed by atoms with Gasteiger partial charge in [-0.05, 0) is 36.6 Å². The van der Waals surface area contributed by atoms with E-state index in [1.807, 2.05) is 12.1 Å². The zero-order valence-electron chi connectivity index (χ0n) is 13.5. The van der Waals surface area contributed by atoms with Crippen LogP contribution in [0.1, 0.15) is 45.7 Å². The molecule has 0 aliphatic rings. The molecule has 2 unspecified atom stereocenters. The fraction of sp³-hybridized carbons (Fsp3) is 0.647. The van der Waals surface area contributed by atoms with Gasteiger partial charge in [-0.15, -0.1) is 0 Å². The van der Waals surface area contributed by atoms with Gasteiger partial charge in [-0.3, -0.25) is 0 Å². The molecule has 0 spiro atoms. The lowest BCUT2D eigenvalue weighted by atomic mass is 9.93. The molecular weight excluding hydrogens is 250 g/mol. The summed E-state index contributed by atoms with van der Waals surface area (Å²) in [5, 5.41) is 3.53. The second-order valence-corrected chi connectivity index (χ2v) is 5.40. The zero-order valence-corrected chi connectivity index (χ0v) is 13.5. The van der Waals surface area contributed by atoms with Gasteiger partial charge in [0.15, 0.2) is 0 Å². The summed E-state index contributed by atoms with van der Waals surface area (Å²) in [6, 6.07) is 8.56. The van der Waals surface area contributed by atoms with E-state index in [4.69, 9.17) is 9.47 Å². The largest absolute Gasteiger partial charge is 0.494 e. The van der Waals surface area contributed by atoms with Crippen molar-refractivity contribution < 1.29 is 9.47 Å². The van der Waals surface area contributed by atoms with Crippen LogP contribution in [0.2, 0.25) is 0 Å². The van der Waals surface area contributed by atoms with Crippen molar-refractivity contribution in [3.63, 3.8) is 0 Å². The normalized spacial score (nSPS) is 14.3. The monoisotopic (exact) mass is 279 g/mol. The van der Waals surface area contributed by atoms with Crippen molar-refractivity contribution in [2.75, 3.05) is 20.3 Å². The highest BCUT2D eigenvalue weighted by Crippen LogP contribution is 2.26. The molecule has 2 atom stereocenters. The van der Waals surface area contributed by atoms with Crippen molar-refractivity contribution >= 4 is 0 Å². The van der Waals surface area contributed by atoms with Crippen LogP contribution in [0.5, 0.6) is 5.75 Å². The van der Waals surface area contributed by atoms with Gasteiger partial charge in [-0.2, -0.15) is 0 Å². The summed E-state index contributed by atoms with van der Waals surface area (Å²) < 4.78 is 11.3. The van der Waals surface area contributed by atoms with Crippen molar-refractivity contribution in [1.82, 2.24) is 5.32 Å². The molecule has 1 aromatic rings. The molecule has 0 bridgehead atoms. The molecule has 0 fully saturated rings. The van der Waals surface area contributed by atoms with Gasteiger partial charge in [-0.1, -0.05) is 39.8 Å². The first-order valence-electron chi connectivity index (χ1n) is 7.62. The molecule has 0 aliphatic carbocycles. The van der Waals surface area contributed by atoms with E-state index in [0.717, 1.165) is 25.3 Å². The van der Waals surface area contributed by atoms with Gasteiger partial charge in [0, 0.05) is 7.11 Å². The van der Waals surface area contributed by atoms with Gasteiger partial charge in [0.1, 0.15) is 5.75 Å². The molecule has 0 aliphatic heterocycles. The third kappa shape index (κ3) is 4.80. The highest BCUT2D eigenvalue weighted by Gasteiger charge is 2.25. The maximum Gasteiger partial charge on any atom is 0.119 e. The smallest absolute Gasteiger partial charge is 0.119 e. The van der Waals surface area contributed by atoms with Crippen molar-refractivity contribution in [2.45, 2.75) is 46.3 Å². The highest BCUT2D eigenvalue weighted by atomic mass is 16.5. The van der Waals surface area contributed by atoms with E-state index < -0.39 is 0 Å². The summed E-state index contributed by atoms with van der Waals surface area (Å²) in [5.74, 6) is 1.39. The van der Waals surface area contributed by atoms with Crippen LogP contribution in [0.4, 0.5) is 0 Å². The quantitative estimate of drug-likeness (QED) is 0.746. The molecule has 0 saturated heterocycles. The molecule has 0 radical (unpaired) electrons. The van der Waals surface area contributed by atoms with Crippen molar-refractivity contribution in [2.24, 2.45) is 5.92 Å². The summed E-state index contributed by atoms with van der Waals surface area (Å²) in [5.41, 5.74) is 1.25. The molecule has 0 amide bonds. The Morgan fingerprint density at radius 3 is 2.20 bits per heavy atom. The maximum atomic E-state index is 5.68. The minimum Gasteiger partial charge on any atom is -0.494 e. The van der Waals surface area contributed by atoms with Crippen LogP contribution in [-0.4, -0.2) is 26.4 Å². The summed E-state index contributed by atoms with van der Waals surface area (Å²) in [4.78, 5) is 0. The summed E-state index contributed by atoms with van der Waals surface area (Å²) in [6.07, 6.45) is 1.19. The van der Waals surface area contributed by atoms with Gasteiger partial charge in [0.2, 0.25) is 0 Å². The molecule has 114 valence electrons. The molecule has 1 N–H and O–H groups in total. The third-order valence-corrected chi connectivity index (χ3v) is 3.39. The van der Waals surface area contributed by atoms with Crippen molar-refractivity contribution in [1.29, 1.82) is 0 Å². The van der Waals surface area contributed by atoms with E-state index in [9.17, 15) is 0 Å². The Hall–Kier alpha value is -1.06. The minimum atomic E-state index is 0.164. The molecule has 0 aromatic heterocycles. The van der Waals surface area contributed by atoms with Crippen LogP contribution in [-0.2, 0) is 4.74 Å².